The summed E-state index contributed by atoms with van der Waals surface area (Å²) in [5, 5.41) is 27.9. The Morgan fingerprint density at radius 2 is 1.63 bits per heavy atom. The minimum absolute atomic E-state index is 0.0170. The summed E-state index contributed by atoms with van der Waals surface area (Å²) in [5.41, 5.74) is 12.8. The summed E-state index contributed by atoms with van der Waals surface area (Å²) >= 11 is 1.54. The monoisotopic (exact) mass is 721 g/mol. The van der Waals surface area contributed by atoms with Gasteiger partial charge in [0.2, 0.25) is 17.0 Å². The fourth-order valence-corrected chi connectivity index (χ4v) is 6.81. The SMILES string of the molecule is Cn1nnnc1SC[C@@H]1C[C@H](c2ccc(CO)cc2)O[C@H](c2cccc(-c3cccc(CNC(=O)CCCCC(=O)Nc4ccccc4N)c3)c2)O1. The Balaban J connectivity index is 1.05. The number of aryl methyl sites for hydroxylation is 1. The number of carbonyl (C=O) groups excluding carboxylic acids is 2. The Hall–Kier alpha value is -5.08. The molecule has 0 bridgehead atoms. The van der Waals surface area contributed by atoms with Crippen LogP contribution in [0.3, 0.4) is 0 Å². The van der Waals surface area contributed by atoms with Gasteiger partial charge in [-0.3, -0.25) is 9.59 Å². The maximum atomic E-state index is 12.6. The second kappa shape index (κ2) is 17.9. The van der Waals surface area contributed by atoms with E-state index in [1.54, 1.807) is 16.8 Å². The summed E-state index contributed by atoms with van der Waals surface area (Å²) in [7, 11) is 1.81. The van der Waals surface area contributed by atoms with Crippen LogP contribution in [0.4, 0.5) is 11.4 Å². The predicted octanol–water partition coefficient (Wildman–Crippen LogP) is 6.10. The summed E-state index contributed by atoms with van der Waals surface area (Å²) in [6.07, 6.45) is 1.56. The lowest BCUT2D eigenvalue weighted by Crippen LogP contribution is -2.31. The molecule has 0 unspecified atom stereocenters. The smallest absolute Gasteiger partial charge is 0.224 e. The molecule has 1 aromatic heterocycles. The van der Waals surface area contributed by atoms with Gasteiger partial charge in [-0.05, 0) is 75.4 Å². The number of unbranched alkanes of at least 4 members (excludes halogenated alkanes) is 1. The van der Waals surface area contributed by atoms with Crippen molar-refractivity contribution in [2.45, 2.75) is 68.9 Å². The van der Waals surface area contributed by atoms with Crippen LogP contribution in [-0.2, 0) is 39.3 Å². The van der Waals surface area contributed by atoms with Gasteiger partial charge in [0.05, 0.1) is 30.2 Å². The lowest BCUT2D eigenvalue weighted by Gasteiger charge is -2.36. The molecule has 13 heteroatoms. The molecule has 2 heterocycles. The topological polar surface area (TPSA) is 167 Å². The molecule has 1 fully saturated rings. The minimum atomic E-state index is -0.607. The zero-order valence-electron chi connectivity index (χ0n) is 29.0. The Morgan fingerprint density at radius 3 is 2.38 bits per heavy atom. The van der Waals surface area contributed by atoms with Crippen LogP contribution in [0.5, 0.6) is 0 Å². The quantitative estimate of drug-likeness (QED) is 0.0563. The molecule has 0 radical (unpaired) electrons. The van der Waals surface area contributed by atoms with Crippen LogP contribution in [0.15, 0.2) is 102 Å². The number of rotatable bonds is 15. The summed E-state index contributed by atoms with van der Waals surface area (Å²) < 4.78 is 14.8. The number of benzene rings is 4. The number of ether oxygens (including phenoxy) is 2. The highest BCUT2D eigenvalue weighted by Gasteiger charge is 2.32. The molecule has 3 atom stereocenters. The zero-order chi connectivity index (χ0) is 36.3. The summed E-state index contributed by atoms with van der Waals surface area (Å²) in [6, 6.07) is 31.2. The molecule has 1 aliphatic rings. The van der Waals surface area contributed by atoms with Crippen LogP contribution in [0.25, 0.3) is 11.1 Å². The lowest BCUT2D eigenvalue weighted by atomic mass is 9.99. The highest BCUT2D eigenvalue weighted by atomic mass is 32.2. The van der Waals surface area contributed by atoms with Crippen molar-refractivity contribution >= 4 is 35.0 Å². The largest absolute Gasteiger partial charge is 0.397 e. The van der Waals surface area contributed by atoms with E-state index in [-0.39, 0.29) is 30.6 Å². The third kappa shape index (κ3) is 10.0. The number of para-hydroxylation sites is 2. The number of nitrogens with zero attached hydrogens (tertiary/aromatic N) is 4. The number of anilines is 2. The van der Waals surface area contributed by atoms with Crippen molar-refractivity contribution in [1.82, 2.24) is 25.5 Å². The number of tetrazole rings is 1. The van der Waals surface area contributed by atoms with Crippen LogP contribution in [0.1, 0.15) is 66.8 Å². The van der Waals surface area contributed by atoms with E-state index >= 15 is 0 Å². The Bertz CT molecular complexity index is 1950. The molecule has 0 saturated carbocycles. The molecule has 2 amide bonds. The number of amides is 2. The van der Waals surface area contributed by atoms with Crippen LogP contribution in [-0.4, -0.2) is 49.0 Å². The van der Waals surface area contributed by atoms with Gasteiger partial charge in [-0.1, -0.05) is 84.6 Å². The molecule has 1 saturated heterocycles. The van der Waals surface area contributed by atoms with E-state index in [4.69, 9.17) is 15.2 Å². The highest BCUT2D eigenvalue weighted by Crippen LogP contribution is 2.40. The molecule has 52 heavy (non-hydrogen) atoms. The second-order valence-electron chi connectivity index (χ2n) is 12.7. The average molecular weight is 722 g/mol. The molecule has 270 valence electrons. The number of nitrogen functional groups attached to an aromatic ring is 1. The first-order valence-electron chi connectivity index (χ1n) is 17.3. The number of hydrogen-bond donors (Lipinski definition) is 4. The molecule has 12 nitrogen and oxygen atoms in total. The molecule has 0 aliphatic carbocycles. The number of nitrogens with one attached hydrogen (secondary N) is 2. The molecule has 1 aliphatic heterocycles. The highest BCUT2D eigenvalue weighted by molar-refractivity contribution is 7.99. The molecular weight excluding hydrogens is 679 g/mol. The number of carbonyl (C=O) groups is 2. The van der Waals surface area contributed by atoms with E-state index in [9.17, 15) is 14.7 Å². The van der Waals surface area contributed by atoms with Crippen LogP contribution >= 0.6 is 11.8 Å². The molecule has 5 N–H and O–H groups in total. The van der Waals surface area contributed by atoms with E-state index < -0.39 is 6.29 Å². The maximum absolute atomic E-state index is 12.6. The van der Waals surface area contributed by atoms with Crippen LogP contribution < -0.4 is 16.4 Å². The number of aromatic nitrogens is 4. The van der Waals surface area contributed by atoms with Gasteiger partial charge in [-0.25, -0.2) is 4.68 Å². The average Bonchev–Trinajstić information content (AvgIpc) is 3.60. The first-order chi connectivity index (χ1) is 25.3. The van der Waals surface area contributed by atoms with Gasteiger partial charge in [0, 0.05) is 44.2 Å². The predicted molar refractivity (Wildman–Crippen MR) is 200 cm³/mol. The zero-order valence-corrected chi connectivity index (χ0v) is 29.8. The summed E-state index contributed by atoms with van der Waals surface area (Å²) in [4.78, 5) is 24.9. The number of thioether (sulfide) groups is 1. The van der Waals surface area contributed by atoms with Gasteiger partial charge < -0.3 is 30.9 Å². The van der Waals surface area contributed by atoms with Crippen molar-refractivity contribution in [3.05, 3.63) is 119 Å². The summed E-state index contributed by atoms with van der Waals surface area (Å²) in [6.45, 7) is 0.378. The first kappa shape index (κ1) is 36.7. The molecule has 6 rings (SSSR count). The number of nitrogens with two attached hydrogens (primary N) is 1. The first-order valence-corrected chi connectivity index (χ1v) is 18.3. The number of aliphatic hydroxyl groups is 1. The molecule has 0 spiro atoms. The third-order valence-electron chi connectivity index (χ3n) is 8.80. The Labute approximate surface area is 307 Å². The molecule has 5 aromatic rings. The van der Waals surface area contributed by atoms with E-state index in [0.29, 0.717) is 60.9 Å². The van der Waals surface area contributed by atoms with E-state index in [2.05, 4.69) is 38.3 Å². The normalized spacial score (nSPS) is 17.1. The van der Waals surface area contributed by atoms with E-state index in [1.807, 2.05) is 79.8 Å². The maximum Gasteiger partial charge on any atom is 0.224 e. The van der Waals surface area contributed by atoms with Gasteiger partial charge in [0.25, 0.3) is 0 Å². The van der Waals surface area contributed by atoms with Crippen molar-refractivity contribution in [1.29, 1.82) is 0 Å². The minimum Gasteiger partial charge on any atom is -0.397 e. The molecular formula is C39H43N7O5S. The fourth-order valence-electron chi connectivity index (χ4n) is 5.94. The van der Waals surface area contributed by atoms with Gasteiger partial charge in [-0.2, -0.15) is 0 Å². The van der Waals surface area contributed by atoms with Gasteiger partial charge in [0.15, 0.2) is 6.29 Å². The standard InChI is InChI=1S/C39H43N7O5S/c1-46-39(43-44-45-46)52-25-32-22-35(28-18-16-26(24-47)17-19-28)51-38(50-32)31-11-7-10-30(21-31)29-9-6-8-27(20-29)23-41-36(48)14-4-5-15-37(49)42-34-13-3-2-12-33(34)40/h2-3,6-13,16-21,32,35,38,47H,4-5,14-15,22-25,40H2,1H3,(H,41,48)(H,42,49)/t32-,35+,38+/m0/s1. The van der Waals surface area contributed by atoms with Gasteiger partial charge in [-0.15, -0.1) is 5.10 Å². The van der Waals surface area contributed by atoms with Gasteiger partial charge >= 0.3 is 0 Å². The third-order valence-corrected chi connectivity index (χ3v) is 9.94. The van der Waals surface area contributed by atoms with Gasteiger partial charge in [0.1, 0.15) is 0 Å². The number of hydrogen-bond acceptors (Lipinski definition) is 10. The van der Waals surface area contributed by atoms with E-state index in [0.717, 1.165) is 33.4 Å². The van der Waals surface area contributed by atoms with Crippen molar-refractivity contribution in [2.75, 3.05) is 16.8 Å². The fraction of sp³-hybridized carbons (Fsp3) is 0.308. The second-order valence-corrected chi connectivity index (χ2v) is 13.7. The molecule has 4 aromatic carbocycles. The Morgan fingerprint density at radius 1 is 0.885 bits per heavy atom. The van der Waals surface area contributed by atoms with Crippen molar-refractivity contribution in [2.24, 2.45) is 7.05 Å². The van der Waals surface area contributed by atoms with Crippen molar-refractivity contribution in [3.63, 3.8) is 0 Å². The van der Waals surface area contributed by atoms with Crippen LogP contribution in [0, 0.1) is 0 Å². The Kier molecular flexibility index (Phi) is 12.6. The van der Waals surface area contributed by atoms with E-state index in [1.165, 1.54) is 11.8 Å². The summed E-state index contributed by atoms with van der Waals surface area (Å²) in [5.74, 6) is 0.464. The van der Waals surface area contributed by atoms with Crippen molar-refractivity contribution < 1.29 is 24.2 Å². The lowest BCUT2D eigenvalue weighted by molar-refractivity contribution is -0.245. The van der Waals surface area contributed by atoms with Crippen LogP contribution in [0.2, 0.25) is 0 Å². The number of aliphatic hydroxyl groups excluding tert-OH is 1. The van der Waals surface area contributed by atoms with Crippen molar-refractivity contribution in [3.8, 4) is 11.1 Å².